The standard InChI is InChI=1S/C17H21NO4/c1-4-22-15(19)9-10-17(11-16(20)21-3)14-8-6-5-7-13(14)12(2)18-17/h5-8H,4,9-11H2,1-3H3. The van der Waals surface area contributed by atoms with Gasteiger partial charge >= 0.3 is 11.9 Å². The van der Waals surface area contributed by atoms with Crippen LogP contribution in [0, 0.1) is 0 Å². The first kappa shape index (κ1) is 16.2. The number of benzene rings is 1. The molecule has 0 aliphatic carbocycles. The van der Waals surface area contributed by atoms with E-state index in [4.69, 9.17) is 14.5 Å². The van der Waals surface area contributed by atoms with Crippen LogP contribution >= 0.6 is 0 Å². The van der Waals surface area contributed by atoms with E-state index in [0.717, 1.165) is 16.8 Å². The molecule has 1 unspecified atom stereocenters. The molecule has 5 nitrogen and oxygen atoms in total. The van der Waals surface area contributed by atoms with Crippen LogP contribution in [0.4, 0.5) is 0 Å². The molecule has 0 saturated carbocycles. The van der Waals surface area contributed by atoms with E-state index >= 15 is 0 Å². The van der Waals surface area contributed by atoms with Crippen molar-refractivity contribution in [2.24, 2.45) is 4.99 Å². The van der Waals surface area contributed by atoms with E-state index < -0.39 is 5.54 Å². The van der Waals surface area contributed by atoms with Crippen molar-refractivity contribution in [1.29, 1.82) is 0 Å². The van der Waals surface area contributed by atoms with Gasteiger partial charge in [0.1, 0.15) is 0 Å². The summed E-state index contributed by atoms with van der Waals surface area (Å²) in [5, 5.41) is 0. The molecule has 1 aliphatic rings. The second-order valence-electron chi connectivity index (χ2n) is 5.33. The summed E-state index contributed by atoms with van der Waals surface area (Å²) in [5.74, 6) is -0.610. The monoisotopic (exact) mass is 303 g/mol. The first-order chi connectivity index (χ1) is 10.5. The van der Waals surface area contributed by atoms with Gasteiger partial charge in [0.05, 0.1) is 25.7 Å². The molecule has 118 valence electrons. The zero-order valence-corrected chi connectivity index (χ0v) is 13.2. The van der Waals surface area contributed by atoms with Crippen molar-refractivity contribution in [2.75, 3.05) is 13.7 Å². The molecule has 0 N–H and O–H groups in total. The van der Waals surface area contributed by atoms with Crippen LogP contribution < -0.4 is 0 Å². The molecule has 0 bridgehead atoms. The van der Waals surface area contributed by atoms with Crippen LogP contribution in [0.25, 0.3) is 0 Å². The lowest BCUT2D eigenvalue weighted by Gasteiger charge is -2.26. The maximum absolute atomic E-state index is 11.9. The third kappa shape index (κ3) is 3.18. The van der Waals surface area contributed by atoms with Crippen molar-refractivity contribution in [3.05, 3.63) is 35.4 Å². The number of fused-ring (bicyclic) bond motifs is 1. The minimum absolute atomic E-state index is 0.122. The molecule has 0 radical (unpaired) electrons. The highest BCUT2D eigenvalue weighted by Gasteiger charge is 2.41. The van der Waals surface area contributed by atoms with E-state index in [2.05, 4.69) is 0 Å². The summed E-state index contributed by atoms with van der Waals surface area (Å²) in [4.78, 5) is 28.3. The van der Waals surface area contributed by atoms with E-state index in [1.54, 1.807) is 6.92 Å². The molecule has 0 spiro atoms. The van der Waals surface area contributed by atoms with Crippen LogP contribution in [0.3, 0.4) is 0 Å². The average molecular weight is 303 g/mol. The molecular weight excluding hydrogens is 282 g/mol. The SMILES string of the molecule is CCOC(=O)CCC1(CC(=O)OC)N=C(C)c2ccccc21. The number of nitrogens with zero attached hydrogens (tertiary/aromatic N) is 1. The zero-order valence-electron chi connectivity index (χ0n) is 13.2. The van der Waals surface area contributed by atoms with E-state index in [1.165, 1.54) is 7.11 Å². The van der Waals surface area contributed by atoms with Crippen LogP contribution in [0.15, 0.2) is 29.3 Å². The fourth-order valence-corrected chi connectivity index (χ4v) is 2.91. The summed E-state index contributed by atoms with van der Waals surface area (Å²) in [6.07, 6.45) is 0.766. The largest absolute Gasteiger partial charge is 0.469 e. The van der Waals surface area contributed by atoms with Crippen molar-refractivity contribution in [3.63, 3.8) is 0 Å². The van der Waals surface area contributed by atoms with E-state index in [-0.39, 0.29) is 24.8 Å². The van der Waals surface area contributed by atoms with Crippen molar-refractivity contribution < 1.29 is 19.1 Å². The van der Waals surface area contributed by atoms with Gasteiger partial charge < -0.3 is 9.47 Å². The summed E-state index contributed by atoms with van der Waals surface area (Å²) in [7, 11) is 1.36. The lowest BCUT2D eigenvalue weighted by molar-refractivity contribution is -0.145. The smallest absolute Gasteiger partial charge is 0.308 e. The third-order valence-electron chi connectivity index (χ3n) is 3.91. The Hall–Kier alpha value is -2.17. The molecular formula is C17H21NO4. The van der Waals surface area contributed by atoms with Crippen LogP contribution in [-0.2, 0) is 24.6 Å². The number of rotatable bonds is 6. The minimum atomic E-state index is -0.736. The number of hydrogen-bond acceptors (Lipinski definition) is 5. The predicted molar refractivity (Wildman–Crippen MR) is 82.8 cm³/mol. The Bertz CT molecular complexity index is 608. The van der Waals surface area contributed by atoms with Gasteiger partial charge in [0, 0.05) is 17.7 Å². The van der Waals surface area contributed by atoms with Gasteiger partial charge in [0.15, 0.2) is 0 Å². The third-order valence-corrected chi connectivity index (χ3v) is 3.91. The minimum Gasteiger partial charge on any atom is -0.469 e. The number of aliphatic imine (C=N–C) groups is 1. The van der Waals surface area contributed by atoms with Crippen LogP contribution in [-0.4, -0.2) is 31.4 Å². The molecule has 0 amide bonds. The number of ether oxygens (including phenoxy) is 2. The number of methoxy groups -OCH3 is 1. The molecule has 1 aromatic rings. The molecule has 0 saturated heterocycles. The summed E-state index contributed by atoms with van der Waals surface area (Å²) < 4.78 is 9.81. The lowest BCUT2D eigenvalue weighted by atomic mass is 9.82. The van der Waals surface area contributed by atoms with Crippen molar-refractivity contribution in [3.8, 4) is 0 Å². The Kier molecular flexibility index (Phi) is 4.96. The van der Waals surface area contributed by atoms with Gasteiger partial charge in [-0.05, 0) is 25.8 Å². The van der Waals surface area contributed by atoms with Gasteiger partial charge in [0.2, 0.25) is 0 Å². The summed E-state index contributed by atoms with van der Waals surface area (Å²) in [5.41, 5.74) is 2.14. The van der Waals surface area contributed by atoms with E-state index in [0.29, 0.717) is 13.0 Å². The first-order valence-corrected chi connectivity index (χ1v) is 7.41. The molecule has 0 fully saturated rings. The second-order valence-corrected chi connectivity index (χ2v) is 5.33. The van der Waals surface area contributed by atoms with Crippen molar-refractivity contribution in [1.82, 2.24) is 0 Å². The molecule has 1 heterocycles. The number of carbonyl (C=O) groups is 2. The van der Waals surface area contributed by atoms with Crippen LogP contribution in [0.2, 0.25) is 0 Å². The lowest BCUT2D eigenvalue weighted by Crippen LogP contribution is -2.27. The maximum atomic E-state index is 11.9. The first-order valence-electron chi connectivity index (χ1n) is 7.41. The average Bonchev–Trinajstić information content (AvgIpc) is 2.79. The Balaban J connectivity index is 2.32. The van der Waals surface area contributed by atoms with Crippen LogP contribution in [0.1, 0.15) is 44.2 Å². The molecule has 5 heteroatoms. The topological polar surface area (TPSA) is 65.0 Å². The normalized spacial score (nSPS) is 19.3. The summed E-state index contributed by atoms with van der Waals surface area (Å²) in [6.45, 7) is 4.04. The fraction of sp³-hybridized carbons (Fsp3) is 0.471. The number of hydrogen-bond donors (Lipinski definition) is 0. The highest BCUT2D eigenvalue weighted by atomic mass is 16.5. The van der Waals surface area contributed by atoms with Gasteiger partial charge in [-0.3, -0.25) is 14.6 Å². The molecule has 22 heavy (non-hydrogen) atoms. The van der Waals surface area contributed by atoms with Gasteiger partial charge in [-0.2, -0.15) is 0 Å². The second kappa shape index (κ2) is 6.73. The van der Waals surface area contributed by atoms with E-state index in [9.17, 15) is 9.59 Å². The molecule has 0 aromatic heterocycles. The summed E-state index contributed by atoms with van der Waals surface area (Å²) in [6, 6.07) is 7.81. The molecule has 1 aliphatic heterocycles. The highest BCUT2D eigenvalue weighted by molar-refractivity contribution is 6.03. The predicted octanol–water partition coefficient (Wildman–Crippen LogP) is 2.61. The Morgan fingerprint density at radius 1 is 1.23 bits per heavy atom. The Morgan fingerprint density at radius 3 is 2.64 bits per heavy atom. The van der Waals surface area contributed by atoms with Gasteiger partial charge in [-0.15, -0.1) is 0 Å². The van der Waals surface area contributed by atoms with Gasteiger partial charge in [0.25, 0.3) is 0 Å². The zero-order chi connectivity index (χ0) is 16.2. The quantitative estimate of drug-likeness (QED) is 0.758. The Labute approximate surface area is 130 Å². The molecule has 1 aromatic carbocycles. The molecule has 1 atom stereocenters. The van der Waals surface area contributed by atoms with Gasteiger partial charge in [-0.25, -0.2) is 0 Å². The number of carbonyl (C=O) groups excluding carboxylic acids is 2. The number of esters is 2. The molecule has 2 rings (SSSR count). The maximum Gasteiger partial charge on any atom is 0.308 e. The van der Waals surface area contributed by atoms with Crippen LogP contribution in [0.5, 0.6) is 0 Å². The Morgan fingerprint density at radius 2 is 1.95 bits per heavy atom. The highest BCUT2D eigenvalue weighted by Crippen LogP contribution is 2.42. The van der Waals surface area contributed by atoms with Gasteiger partial charge in [-0.1, -0.05) is 24.3 Å². The fourth-order valence-electron chi connectivity index (χ4n) is 2.91. The summed E-state index contributed by atoms with van der Waals surface area (Å²) >= 11 is 0. The van der Waals surface area contributed by atoms with E-state index in [1.807, 2.05) is 31.2 Å². The van der Waals surface area contributed by atoms with Crippen molar-refractivity contribution in [2.45, 2.75) is 38.6 Å². The van der Waals surface area contributed by atoms with Crippen molar-refractivity contribution >= 4 is 17.7 Å².